The molecule has 0 spiro atoms. The first-order valence-corrected chi connectivity index (χ1v) is 8.76. The van der Waals surface area contributed by atoms with Gasteiger partial charge in [-0.3, -0.25) is 4.79 Å². The molecule has 1 aliphatic rings. The molecule has 6 nitrogen and oxygen atoms in total. The topological polar surface area (TPSA) is 80.6 Å². The molecule has 0 saturated carbocycles. The molecule has 1 unspecified atom stereocenters. The van der Waals surface area contributed by atoms with Crippen LogP contribution in [-0.2, 0) is 0 Å². The molecule has 1 fully saturated rings. The van der Waals surface area contributed by atoms with Gasteiger partial charge in [0.05, 0.1) is 5.69 Å². The van der Waals surface area contributed by atoms with Gasteiger partial charge in [0, 0.05) is 12.5 Å². The minimum absolute atomic E-state index is 0. The van der Waals surface area contributed by atoms with Crippen molar-refractivity contribution in [3.05, 3.63) is 57.6 Å². The smallest absolute Gasteiger partial charge is 0.427 e. The molecule has 0 radical (unpaired) electrons. The van der Waals surface area contributed by atoms with Crippen LogP contribution in [-0.4, -0.2) is 25.4 Å². The predicted molar refractivity (Wildman–Crippen MR) is 103 cm³/mol. The summed E-state index contributed by atoms with van der Waals surface area (Å²) in [7, 11) is 0. The third kappa shape index (κ3) is 5.74. The maximum atomic E-state index is 12.5. The number of carbonyl (C=O) groups is 1. The number of rotatable bonds is 4. The van der Waals surface area contributed by atoms with Crippen molar-refractivity contribution in [3.8, 4) is 5.75 Å². The molecule has 0 aliphatic carbocycles. The monoisotopic (exact) mass is 432 g/mol. The Labute approximate surface area is 170 Å². The minimum atomic E-state index is -4.91. The highest BCUT2D eigenvalue weighted by Crippen LogP contribution is 2.30. The lowest BCUT2D eigenvalue weighted by Crippen LogP contribution is -2.30. The Morgan fingerprint density at radius 2 is 2.03 bits per heavy atom. The van der Waals surface area contributed by atoms with E-state index in [0.717, 1.165) is 25.5 Å². The fourth-order valence-corrected chi connectivity index (χ4v) is 3.17. The lowest BCUT2D eigenvalue weighted by molar-refractivity contribution is -0.274. The Hall–Kier alpha value is -2.52. The molecular formula is C19H20ClF3N2O4. The highest BCUT2D eigenvalue weighted by atomic mass is 35.5. The number of hydrogen-bond acceptors (Lipinski definition) is 5. The van der Waals surface area contributed by atoms with Crippen molar-refractivity contribution >= 4 is 24.0 Å². The van der Waals surface area contributed by atoms with Gasteiger partial charge in [-0.1, -0.05) is 12.1 Å². The van der Waals surface area contributed by atoms with E-state index in [0.29, 0.717) is 17.9 Å². The molecule has 2 heterocycles. The Balaban J connectivity index is 0.00000300. The molecule has 29 heavy (non-hydrogen) atoms. The van der Waals surface area contributed by atoms with E-state index in [1.807, 2.05) is 0 Å². The van der Waals surface area contributed by atoms with Crippen molar-refractivity contribution in [3.63, 3.8) is 0 Å². The summed E-state index contributed by atoms with van der Waals surface area (Å²) in [4.78, 5) is 24.9. The number of benzene rings is 1. The van der Waals surface area contributed by atoms with Crippen LogP contribution in [0.2, 0.25) is 0 Å². The largest absolute Gasteiger partial charge is 0.573 e. The number of amides is 1. The average Bonchev–Trinajstić information content (AvgIpc) is 2.62. The van der Waals surface area contributed by atoms with Crippen molar-refractivity contribution in [2.24, 2.45) is 0 Å². The van der Waals surface area contributed by atoms with Crippen LogP contribution in [0, 0.1) is 6.92 Å². The zero-order valence-corrected chi connectivity index (χ0v) is 16.3. The fourth-order valence-electron chi connectivity index (χ4n) is 3.17. The average molecular weight is 433 g/mol. The molecule has 10 heteroatoms. The van der Waals surface area contributed by atoms with E-state index in [-0.39, 0.29) is 29.6 Å². The second kappa shape index (κ2) is 9.32. The minimum Gasteiger partial charge on any atom is -0.427 e. The first kappa shape index (κ1) is 22.8. The molecule has 1 atom stereocenters. The van der Waals surface area contributed by atoms with Gasteiger partial charge < -0.3 is 19.8 Å². The van der Waals surface area contributed by atoms with Crippen LogP contribution >= 0.6 is 12.4 Å². The van der Waals surface area contributed by atoms with Gasteiger partial charge in [-0.15, -0.1) is 25.6 Å². The van der Waals surface area contributed by atoms with Crippen molar-refractivity contribution in [1.29, 1.82) is 0 Å². The number of hydrogen-bond donors (Lipinski definition) is 2. The number of aryl methyl sites for hydroxylation is 1. The van der Waals surface area contributed by atoms with E-state index in [4.69, 9.17) is 4.42 Å². The fraction of sp³-hybridized carbons (Fsp3) is 0.368. The molecule has 1 amide bonds. The van der Waals surface area contributed by atoms with Crippen LogP contribution in [0.25, 0.3) is 0 Å². The van der Waals surface area contributed by atoms with Crippen molar-refractivity contribution < 1.29 is 27.1 Å². The van der Waals surface area contributed by atoms with Gasteiger partial charge in [0.1, 0.15) is 11.3 Å². The number of carbonyl (C=O) groups excluding carboxylic acids is 1. The van der Waals surface area contributed by atoms with E-state index in [1.54, 1.807) is 13.0 Å². The number of anilines is 1. The van der Waals surface area contributed by atoms with Gasteiger partial charge in [-0.25, -0.2) is 4.79 Å². The Morgan fingerprint density at radius 1 is 1.31 bits per heavy atom. The second-order valence-electron chi connectivity index (χ2n) is 6.54. The summed E-state index contributed by atoms with van der Waals surface area (Å²) < 4.78 is 46.8. The van der Waals surface area contributed by atoms with E-state index >= 15 is 0 Å². The second-order valence-corrected chi connectivity index (χ2v) is 6.54. The first-order valence-electron chi connectivity index (χ1n) is 8.76. The number of alkyl halides is 3. The molecular weight excluding hydrogens is 413 g/mol. The van der Waals surface area contributed by atoms with E-state index < -0.39 is 23.6 Å². The van der Waals surface area contributed by atoms with Crippen molar-refractivity contribution in [1.82, 2.24) is 5.32 Å². The maximum Gasteiger partial charge on any atom is 0.573 e. The predicted octanol–water partition coefficient (Wildman–Crippen LogP) is 3.99. The van der Waals surface area contributed by atoms with Gasteiger partial charge >= 0.3 is 12.0 Å². The summed E-state index contributed by atoms with van der Waals surface area (Å²) in [6.45, 7) is 3.17. The summed E-state index contributed by atoms with van der Waals surface area (Å²) in [5.74, 6) is -0.904. The third-order valence-corrected chi connectivity index (χ3v) is 4.46. The summed E-state index contributed by atoms with van der Waals surface area (Å²) in [5, 5.41) is 5.51. The highest BCUT2D eigenvalue weighted by Gasteiger charge is 2.32. The molecule has 1 saturated heterocycles. The molecule has 1 aromatic heterocycles. The Bertz CT molecular complexity index is 924. The number of halogens is 4. The van der Waals surface area contributed by atoms with Gasteiger partial charge in [0.25, 0.3) is 5.91 Å². The number of ether oxygens (including phenoxy) is 1. The molecule has 2 aromatic rings. The zero-order chi connectivity index (χ0) is 20.3. The van der Waals surface area contributed by atoms with Crippen LogP contribution in [0.5, 0.6) is 5.75 Å². The van der Waals surface area contributed by atoms with Crippen LogP contribution in [0.1, 0.15) is 40.4 Å². The van der Waals surface area contributed by atoms with Gasteiger partial charge in [0.2, 0.25) is 0 Å². The number of nitrogens with one attached hydrogen (secondary N) is 2. The van der Waals surface area contributed by atoms with Gasteiger partial charge in [-0.05, 0) is 50.1 Å². The molecule has 0 bridgehead atoms. The normalized spacial score (nSPS) is 16.6. The van der Waals surface area contributed by atoms with E-state index in [9.17, 15) is 22.8 Å². The lowest BCUT2D eigenvalue weighted by Gasteiger charge is -2.22. The third-order valence-electron chi connectivity index (χ3n) is 4.46. The number of para-hydroxylation sites is 2. The zero-order valence-electron chi connectivity index (χ0n) is 15.5. The maximum absolute atomic E-state index is 12.5. The van der Waals surface area contributed by atoms with Crippen LogP contribution < -0.4 is 21.0 Å². The van der Waals surface area contributed by atoms with E-state index in [2.05, 4.69) is 15.4 Å². The van der Waals surface area contributed by atoms with Crippen LogP contribution in [0.15, 0.2) is 39.5 Å². The SMILES string of the molecule is Cc1cc(C2CCCNC2)oc(=O)c1C(=O)Nc1ccccc1OC(F)(F)F.Cl. The molecule has 158 valence electrons. The molecule has 2 N–H and O–H groups in total. The Morgan fingerprint density at radius 3 is 2.66 bits per heavy atom. The standard InChI is InChI=1S/C19H19F3N2O4.ClH/c1-11-9-15(12-5-4-8-23-10-12)27-18(26)16(11)17(25)24-13-6-2-3-7-14(13)28-19(20,21)22;/h2-3,6-7,9,12,23H,4-5,8,10H2,1H3,(H,24,25);1H. The summed E-state index contributed by atoms with van der Waals surface area (Å²) in [5.41, 5.74) is -0.894. The van der Waals surface area contributed by atoms with Crippen molar-refractivity contribution in [2.45, 2.75) is 32.0 Å². The Kier molecular flexibility index (Phi) is 7.32. The van der Waals surface area contributed by atoms with Crippen LogP contribution in [0.3, 0.4) is 0 Å². The summed E-state index contributed by atoms with van der Waals surface area (Å²) in [6.07, 6.45) is -3.10. The lowest BCUT2D eigenvalue weighted by atomic mass is 9.95. The van der Waals surface area contributed by atoms with E-state index in [1.165, 1.54) is 18.2 Å². The quantitative estimate of drug-likeness (QED) is 0.763. The first-order chi connectivity index (χ1) is 13.2. The van der Waals surface area contributed by atoms with Crippen molar-refractivity contribution in [2.75, 3.05) is 18.4 Å². The summed E-state index contributed by atoms with van der Waals surface area (Å²) in [6, 6.07) is 6.72. The van der Waals surface area contributed by atoms with Gasteiger partial charge in [0.15, 0.2) is 5.75 Å². The molecule has 3 rings (SSSR count). The molecule has 1 aliphatic heterocycles. The molecule has 1 aromatic carbocycles. The van der Waals surface area contributed by atoms with Gasteiger partial charge in [-0.2, -0.15) is 0 Å². The number of piperidine rings is 1. The van der Waals surface area contributed by atoms with Crippen LogP contribution in [0.4, 0.5) is 18.9 Å². The summed E-state index contributed by atoms with van der Waals surface area (Å²) >= 11 is 0. The highest BCUT2D eigenvalue weighted by molar-refractivity contribution is 6.05.